The van der Waals surface area contributed by atoms with Gasteiger partial charge in [-0.3, -0.25) is 9.88 Å². The van der Waals surface area contributed by atoms with Crippen LogP contribution < -0.4 is 5.32 Å². The van der Waals surface area contributed by atoms with Crippen LogP contribution in [-0.4, -0.2) is 72.7 Å². The SMILES string of the molecule is CCNC(=NCc1cccc2cccnc12)N1CCC(N2CCOCC2)C1.I. The van der Waals surface area contributed by atoms with Crippen molar-refractivity contribution in [3.05, 3.63) is 42.1 Å². The number of hydrogen-bond acceptors (Lipinski definition) is 4. The highest BCUT2D eigenvalue weighted by atomic mass is 127. The van der Waals surface area contributed by atoms with Gasteiger partial charge in [-0.15, -0.1) is 24.0 Å². The van der Waals surface area contributed by atoms with E-state index in [-0.39, 0.29) is 24.0 Å². The molecule has 2 fully saturated rings. The Balaban J connectivity index is 0.00000225. The van der Waals surface area contributed by atoms with Crippen molar-refractivity contribution in [3.63, 3.8) is 0 Å². The molecule has 6 nitrogen and oxygen atoms in total. The Labute approximate surface area is 184 Å². The zero-order chi connectivity index (χ0) is 18.5. The van der Waals surface area contributed by atoms with Gasteiger partial charge in [0.15, 0.2) is 5.96 Å². The lowest BCUT2D eigenvalue weighted by Gasteiger charge is -2.32. The van der Waals surface area contributed by atoms with E-state index >= 15 is 0 Å². The third kappa shape index (κ3) is 4.93. The molecule has 28 heavy (non-hydrogen) atoms. The topological polar surface area (TPSA) is 53.0 Å². The van der Waals surface area contributed by atoms with Gasteiger partial charge in [0.2, 0.25) is 0 Å². The lowest BCUT2D eigenvalue weighted by molar-refractivity contribution is 0.0195. The number of ether oxygens (including phenoxy) is 1. The van der Waals surface area contributed by atoms with Crippen molar-refractivity contribution in [2.45, 2.75) is 25.9 Å². The predicted molar refractivity (Wildman–Crippen MR) is 124 cm³/mol. The summed E-state index contributed by atoms with van der Waals surface area (Å²) in [6.45, 7) is 9.58. The van der Waals surface area contributed by atoms with Crippen molar-refractivity contribution in [1.82, 2.24) is 20.1 Å². The van der Waals surface area contributed by atoms with Crippen LogP contribution in [0, 0.1) is 0 Å². The number of aliphatic imine (C=N–C) groups is 1. The Kier molecular flexibility index (Phi) is 7.87. The Morgan fingerprint density at radius 2 is 2.04 bits per heavy atom. The van der Waals surface area contributed by atoms with Gasteiger partial charge >= 0.3 is 0 Å². The van der Waals surface area contributed by atoms with E-state index < -0.39 is 0 Å². The summed E-state index contributed by atoms with van der Waals surface area (Å²) in [5.41, 5.74) is 2.22. The van der Waals surface area contributed by atoms with Crippen LogP contribution in [0.3, 0.4) is 0 Å². The van der Waals surface area contributed by atoms with Gasteiger partial charge in [-0.2, -0.15) is 0 Å². The van der Waals surface area contributed by atoms with Gasteiger partial charge in [0.1, 0.15) is 0 Å². The first kappa shape index (κ1) is 21.3. The maximum atomic E-state index is 5.50. The number of hydrogen-bond donors (Lipinski definition) is 1. The van der Waals surface area contributed by atoms with Crippen LogP contribution in [-0.2, 0) is 11.3 Å². The molecule has 0 amide bonds. The minimum absolute atomic E-state index is 0. The number of benzene rings is 1. The van der Waals surface area contributed by atoms with E-state index in [0.717, 1.165) is 57.4 Å². The minimum atomic E-state index is 0. The molecule has 0 bridgehead atoms. The number of guanidine groups is 1. The summed E-state index contributed by atoms with van der Waals surface area (Å²) in [5.74, 6) is 1.01. The third-order valence-corrected chi connectivity index (χ3v) is 5.48. The number of nitrogens with zero attached hydrogens (tertiary/aromatic N) is 4. The van der Waals surface area contributed by atoms with Crippen molar-refractivity contribution in [3.8, 4) is 0 Å². The maximum absolute atomic E-state index is 5.50. The maximum Gasteiger partial charge on any atom is 0.194 e. The standard InChI is InChI=1S/C21H29N5O.HI/c1-2-22-21(26-10-8-19(16-26)25-11-13-27-14-12-25)24-15-18-6-3-5-17-7-4-9-23-20(17)18;/h3-7,9,19H,2,8,10-16H2,1H3,(H,22,24);1H. The number of fused-ring (bicyclic) bond motifs is 1. The van der Waals surface area contributed by atoms with E-state index in [4.69, 9.17) is 9.73 Å². The molecule has 7 heteroatoms. The minimum Gasteiger partial charge on any atom is -0.379 e. The quantitative estimate of drug-likeness (QED) is 0.402. The molecule has 152 valence electrons. The van der Waals surface area contributed by atoms with Crippen LogP contribution in [0.25, 0.3) is 10.9 Å². The first-order valence-corrected chi connectivity index (χ1v) is 10.0. The van der Waals surface area contributed by atoms with Gasteiger partial charge in [-0.1, -0.05) is 24.3 Å². The molecule has 2 aromatic rings. The number of para-hydroxylation sites is 1. The zero-order valence-electron chi connectivity index (χ0n) is 16.5. The molecule has 1 unspecified atom stereocenters. The van der Waals surface area contributed by atoms with Gasteiger partial charge in [-0.25, -0.2) is 4.99 Å². The van der Waals surface area contributed by atoms with E-state index in [0.29, 0.717) is 12.6 Å². The molecule has 2 aliphatic rings. The zero-order valence-corrected chi connectivity index (χ0v) is 18.8. The molecule has 0 saturated carbocycles. The fourth-order valence-electron chi connectivity index (χ4n) is 4.06. The van der Waals surface area contributed by atoms with Crippen LogP contribution >= 0.6 is 24.0 Å². The smallest absolute Gasteiger partial charge is 0.194 e. The summed E-state index contributed by atoms with van der Waals surface area (Å²) in [7, 11) is 0. The fraction of sp³-hybridized carbons (Fsp3) is 0.524. The second kappa shape index (κ2) is 10.4. The second-order valence-electron chi connectivity index (χ2n) is 7.20. The van der Waals surface area contributed by atoms with Gasteiger partial charge in [0.05, 0.1) is 25.3 Å². The number of nitrogens with one attached hydrogen (secondary N) is 1. The molecule has 1 N–H and O–H groups in total. The summed E-state index contributed by atoms with van der Waals surface area (Å²) < 4.78 is 5.50. The Morgan fingerprint density at radius 1 is 1.21 bits per heavy atom. The van der Waals surface area contributed by atoms with Gasteiger partial charge in [0, 0.05) is 50.3 Å². The molecule has 1 atom stereocenters. The van der Waals surface area contributed by atoms with E-state index in [1.807, 2.05) is 12.3 Å². The first-order chi connectivity index (χ1) is 13.3. The average Bonchev–Trinajstić information content (AvgIpc) is 3.22. The monoisotopic (exact) mass is 495 g/mol. The predicted octanol–water partition coefficient (Wildman–Crippen LogP) is 2.72. The molecule has 1 aromatic heterocycles. The highest BCUT2D eigenvalue weighted by molar-refractivity contribution is 14.0. The van der Waals surface area contributed by atoms with Crippen molar-refractivity contribution < 1.29 is 4.74 Å². The Morgan fingerprint density at radius 3 is 2.86 bits per heavy atom. The van der Waals surface area contributed by atoms with Crippen LogP contribution in [0.5, 0.6) is 0 Å². The summed E-state index contributed by atoms with van der Waals surface area (Å²) in [5, 5.41) is 4.65. The number of likely N-dealkylation sites (tertiary alicyclic amines) is 1. The van der Waals surface area contributed by atoms with Crippen molar-refractivity contribution >= 4 is 40.8 Å². The highest BCUT2D eigenvalue weighted by Gasteiger charge is 2.30. The number of aromatic nitrogens is 1. The van der Waals surface area contributed by atoms with Crippen molar-refractivity contribution in [1.29, 1.82) is 0 Å². The van der Waals surface area contributed by atoms with Gasteiger partial charge < -0.3 is 15.0 Å². The summed E-state index contributed by atoms with van der Waals surface area (Å²) >= 11 is 0. The molecule has 0 radical (unpaired) electrons. The second-order valence-corrected chi connectivity index (χ2v) is 7.20. The van der Waals surface area contributed by atoms with Crippen LogP contribution in [0.2, 0.25) is 0 Å². The van der Waals surface area contributed by atoms with Crippen molar-refractivity contribution in [2.75, 3.05) is 45.9 Å². The molecular formula is C21H30IN5O. The molecular weight excluding hydrogens is 465 g/mol. The molecule has 0 spiro atoms. The first-order valence-electron chi connectivity index (χ1n) is 10.0. The lowest BCUT2D eigenvalue weighted by Crippen LogP contribution is -2.46. The molecule has 4 rings (SSSR count). The van der Waals surface area contributed by atoms with E-state index in [9.17, 15) is 0 Å². The number of pyridine rings is 1. The normalized spacial score (nSPS) is 21.0. The van der Waals surface area contributed by atoms with Crippen molar-refractivity contribution in [2.24, 2.45) is 4.99 Å². The third-order valence-electron chi connectivity index (χ3n) is 5.48. The van der Waals surface area contributed by atoms with E-state index in [1.165, 1.54) is 17.4 Å². The van der Waals surface area contributed by atoms with Crippen LogP contribution in [0.1, 0.15) is 18.9 Å². The number of rotatable bonds is 4. The number of morpholine rings is 1. The van der Waals surface area contributed by atoms with Crippen LogP contribution in [0.15, 0.2) is 41.5 Å². The largest absolute Gasteiger partial charge is 0.379 e. The van der Waals surface area contributed by atoms with Crippen LogP contribution in [0.4, 0.5) is 0 Å². The van der Waals surface area contributed by atoms with Gasteiger partial charge in [-0.05, 0) is 25.0 Å². The molecule has 2 aliphatic heterocycles. The lowest BCUT2D eigenvalue weighted by atomic mass is 10.1. The van der Waals surface area contributed by atoms with E-state index in [1.54, 1.807) is 0 Å². The van der Waals surface area contributed by atoms with Gasteiger partial charge in [0.25, 0.3) is 0 Å². The summed E-state index contributed by atoms with van der Waals surface area (Å²) in [6, 6.07) is 11.0. The Bertz CT molecular complexity index is 788. The molecule has 0 aliphatic carbocycles. The fourth-order valence-corrected chi connectivity index (χ4v) is 4.06. The molecule has 1 aromatic carbocycles. The average molecular weight is 495 g/mol. The highest BCUT2D eigenvalue weighted by Crippen LogP contribution is 2.19. The summed E-state index contributed by atoms with van der Waals surface area (Å²) in [6.07, 6.45) is 3.05. The molecule has 2 saturated heterocycles. The van der Waals surface area contributed by atoms with E-state index in [2.05, 4.69) is 51.3 Å². The number of halogens is 1. The summed E-state index contributed by atoms with van der Waals surface area (Å²) in [4.78, 5) is 14.5. The molecule has 3 heterocycles. The Hall–Kier alpha value is -1.45.